The lowest BCUT2D eigenvalue weighted by atomic mass is 10.3. The Morgan fingerprint density at radius 2 is 1.92 bits per heavy atom. The predicted octanol–water partition coefficient (Wildman–Crippen LogP) is 2.40. The zero-order valence-electron chi connectivity index (χ0n) is 6.72. The molecule has 0 saturated heterocycles. The van der Waals surface area contributed by atoms with E-state index in [1.165, 1.54) is 0 Å². The minimum atomic E-state index is 0.394. The van der Waals surface area contributed by atoms with Crippen LogP contribution in [-0.2, 0) is 0 Å². The minimum Gasteiger partial charge on any atom is -0.363 e. The number of halogens is 1. The first-order valence-electron chi connectivity index (χ1n) is 3.80. The lowest BCUT2D eigenvalue weighted by Gasteiger charge is -1.98. The van der Waals surface area contributed by atoms with Gasteiger partial charge in [-0.05, 0) is 12.1 Å². The molecule has 0 fully saturated rings. The molecule has 0 aliphatic carbocycles. The van der Waals surface area contributed by atoms with Gasteiger partial charge in [-0.1, -0.05) is 18.2 Å². The molecule has 0 bridgehead atoms. The molecule has 1 aromatic carbocycles. The predicted molar refractivity (Wildman–Crippen MR) is 50.0 cm³/mol. The van der Waals surface area contributed by atoms with Gasteiger partial charge in [-0.15, -0.1) is 5.10 Å². The molecule has 0 amide bonds. The first kappa shape index (κ1) is 8.13. The van der Waals surface area contributed by atoms with Crippen LogP contribution in [0.3, 0.4) is 0 Å². The molecule has 0 atom stereocenters. The number of hydrogen-bond acceptors (Lipinski definition) is 2. The Hall–Kier alpha value is -1.48. The van der Waals surface area contributed by atoms with Gasteiger partial charge in [0.1, 0.15) is 11.9 Å². The number of benzene rings is 1. The van der Waals surface area contributed by atoms with Crippen molar-refractivity contribution in [2.24, 2.45) is 0 Å². The Morgan fingerprint density at radius 3 is 2.54 bits per heavy atom. The summed E-state index contributed by atoms with van der Waals surface area (Å²) in [6, 6.07) is 11.4. The maximum atomic E-state index is 5.15. The molecule has 0 aliphatic heterocycles. The van der Waals surface area contributed by atoms with Crippen molar-refractivity contribution in [3.05, 3.63) is 42.6 Å². The molecule has 1 heterocycles. The molecule has 4 heteroatoms. The third-order valence-electron chi connectivity index (χ3n) is 1.66. The SMILES string of the molecule is ClOc1ccn(-c2ccccc2)n1. The van der Waals surface area contributed by atoms with Gasteiger partial charge in [0.25, 0.3) is 5.88 Å². The van der Waals surface area contributed by atoms with Crippen LogP contribution in [0.4, 0.5) is 0 Å². The second-order valence-electron chi connectivity index (χ2n) is 2.51. The first-order valence-corrected chi connectivity index (χ1v) is 4.11. The van der Waals surface area contributed by atoms with Crippen LogP contribution in [0.5, 0.6) is 5.88 Å². The summed E-state index contributed by atoms with van der Waals surface area (Å²) in [5.41, 5.74) is 0.975. The lowest BCUT2D eigenvalue weighted by molar-refractivity contribution is 0.579. The van der Waals surface area contributed by atoms with Crippen LogP contribution in [-0.4, -0.2) is 9.78 Å². The van der Waals surface area contributed by atoms with Crippen molar-refractivity contribution in [1.29, 1.82) is 0 Å². The number of nitrogens with zero attached hydrogens (tertiary/aromatic N) is 2. The van der Waals surface area contributed by atoms with Gasteiger partial charge in [-0.2, -0.15) is 0 Å². The zero-order chi connectivity index (χ0) is 9.10. The average molecular weight is 195 g/mol. The van der Waals surface area contributed by atoms with Gasteiger partial charge < -0.3 is 4.29 Å². The Bertz CT molecular complexity index is 386. The van der Waals surface area contributed by atoms with E-state index >= 15 is 0 Å². The largest absolute Gasteiger partial charge is 0.363 e. The fourth-order valence-corrected chi connectivity index (χ4v) is 1.16. The van der Waals surface area contributed by atoms with Gasteiger partial charge in [0, 0.05) is 12.3 Å². The summed E-state index contributed by atoms with van der Waals surface area (Å²) in [5.74, 6) is 0.394. The van der Waals surface area contributed by atoms with Crippen molar-refractivity contribution in [1.82, 2.24) is 9.78 Å². The molecule has 13 heavy (non-hydrogen) atoms. The molecule has 0 N–H and O–H groups in total. The van der Waals surface area contributed by atoms with E-state index in [-0.39, 0.29) is 0 Å². The summed E-state index contributed by atoms with van der Waals surface area (Å²) < 4.78 is 6.15. The summed E-state index contributed by atoms with van der Waals surface area (Å²) in [5, 5.41) is 4.06. The second-order valence-corrected chi connectivity index (χ2v) is 2.67. The molecule has 0 aliphatic rings. The van der Waals surface area contributed by atoms with Crippen LogP contribution < -0.4 is 4.29 Å². The molecule has 1 aromatic heterocycles. The molecular formula is C9H7ClN2O. The van der Waals surface area contributed by atoms with Gasteiger partial charge in [0.05, 0.1) is 5.69 Å². The van der Waals surface area contributed by atoms with Crippen molar-refractivity contribution in [2.75, 3.05) is 0 Å². The van der Waals surface area contributed by atoms with Gasteiger partial charge in [-0.25, -0.2) is 4.68 Å². The Balaban J connectivity index is 2.36. The second kappa shape index (κ2) is 3.49. The third kappa shape index (κ3) is 1.65. The highest BCUT2D eigenvalue weighted by molar-refractivity contribution is 6.08. The van der Waals surface area contributed by atoms with Gasteiger partial charge in [-0.3, -0.25) is 0 Å². The molecule has 3 nitrogen and oxygen atoms in total. The Morgan fingerprint density at radius 1 is 1.15 bits per heavy atom. The maximum Gasteiger partial charge on any atom is 0.255 e. The molecule has 0 spiro atoms. The van der Waals surface area contributed by atoms with Crippen molar-refractivity contribution in [2.45, 2.75) is 0 Å². The highest BCUT2D eigenvalue weighted by Crippen LogP contribution is 2.11. The normalized spacial score (nSPS) is 9.92. The third-order valence-corrected chi connectivity index (χ3v) is 1.82. The number of rotatable bonds is 2. The van der Waals surface area contributed by atoms with Crippen molar-refractivity contribution >= 4 is 11.9 Å². The van der Waals surface area contributed by atoms with Crippen molar-refractivity contribution < 1.29 is 4.29 Å². The fraction of sp³-hybridized carbons (Fsp3) is 0. The number of aromatic nitrogens is 2. The Labute approximate surface area is 80.7 Å². The van der Waals surface area contributed by atoms with Crippen LogP contribution in [0.2, 0.25) is 0 Å². The van der Waals surface area contributed by atoms with E-state index in [2.05, 4.69) is 9.39 Å². The molecule has 0 saturated carbocycles. The monoisotopic (exact) mass is 194 g/mol. The maximum absolute atomic E-state index is 5.15. The fourth-order valence-electron chi connectivity index (χ4n) is 1.07. The van der Waals surface area contributed by atoms with Crippen LogP contribution in [0.1, 0.15) is 0 Å². The van der Waals surface area contributed by atoms with Crippen LogP contribution in [0, 0.1) is 0 Å². The van der Waals surface area contributed by atoms with Gasteiger partial charge in [0.2, 0.25) is 0 Å². The molecule has 2 rings (SSSR count). The van der Waals surface area contributed by atoms with Crippen LogP contribution >= 0.6 is 11.9 Å². The van der Waals surface area contributed by atoms with Crippen molar-refractivity contribution in [3.8, 4) is 11.6 Å². The van der Waals surface area contributed by atoms with E-state index in [1.54, 1.807) is 16.9 Å². The van der Waals surface area contributed by atoms with Gasteiger partial charge >= 0.3 is 0 Å². The van der Waals surface area contributed by atoms with E-state index in [4.69, 9.17) is 11.9 Å². The molecule has 0 unspecified atom stereocenters. The highest BCUT2D eigenvalue weighted by Gasteiger charge is 1.99. The molecule has 2 aromatic rings. The summed E-state index contributed by atoms with van der Waals surface area (Å²) >= 11 is 5.15. The summed E-state index contributed by atoms with van der Waals surface area (Å²) in [6.45, 7) is 0. The number of para-hydroxylation sites is 1. The molecule has 66 valence electrons. The summed E-state index contributed by atoms with van der Waals surface area (Å²) in [4.78, 5) is 0. The van der Waals surface area contributed by atoms with Crippen LogP contribution in [0.15, 0.2) is 42.6 Å². The topological polar surface area (TPSA) is 27.1 Å². The van der Waals surface area contributed by atoms with Crippen molar-refractivity contribution in [3.63, 3.8) is 0 Å². The number of hydrogen-bond donors (Lipinski definition) is 0. The molecule has 0 radical (unpaired) electrons. The van der Waals surface area contributed by atoms with E-state index in [1.807, 2.05) is 30.3 Å². The van der Waals surface area contributed by atoms with E-state index in [9.17, 15) is 0 Å². The van der Waals surface area contributed by atoms with E-state index in [0.717, 1.165) is 5.69 Å². The quantitative estimate of drug-likeness (QED) is 0.734. The van der Waals surface area contributed by atoms with Gasteiger partial charge in [0.15, 0.2) is 0 Å². The minimum absolute atomic E-state index is 0.394. The Kier molecular flexibility index (Phi) is 2.19. The average Bonchev–Trinajstić information content (AvgIpc) is 2.67. The summed E-state index contributed by atoms with van der Waals surface area (Å²) in [7, 11) is 0. The smallest absolute Gasteiger partial charge is 0.255 e. The first-order chi connectivity index (χ1) is 6.40. The molecular weight excluding hydrogens is 188 g/mol. The standard InChI is InChI=1S/C9H7ClN2O/c10-13-9-6-7-12(11-9)8-4-2-1-3-5-8/h1-7H. The summed E-state index contributed by atoms with van der Waals surface area (Å²) in [6.07, 6.45) is 1.78. The van der Waals surface area contributed by atoms with Crippen LogP contribution in [0.25, 0.3) is 5.69 Å². The lowest BCUT2D eigenvalue weighted by Crippen LogP contribution is -1.93. The van der Waals surface area contributed by atoms with E-state index in [0.29, 0.717) is 5.88 Å². The highest BCUT2D eigenvalue weighted by atomic mass is 35.5. The van der Waals surface area contributed by atoms with E-state index < -0.39 is 0 Å². The zero-order valence-corrected chi connectivity index (χ0v) is 7.48.